The molecule has 0 aromatic heterocycles. The fourth-order valence-corrected chi connectivity index (χ4v) is 2.49. The number of carbonyl (C=O) groups is 1. The molecule has 96 valence electrons. The molecule has 0 radical (unpaired) electrons. The van der Waals surface area contributed by atoms with Crippen molar-refractivity contribution in [1.82, 2.24) is 0 Å². The normalized spacial score (nSPS) is 12.9. The lowest BCUT2D eigenvalue weighted by Crippen LogP contribution is -2.04. The quantitative estimate of drug-likeness (QED) is 0.777. The van der Waals surface area contributed by atoms with Crippen LogP contribution in [0.2, 0.25) is 5.02 Å². The minimum atomic E-state index is 0.00898. The zero-order valence-corrected chi connectivity index (χ0v) is 11.3. The van der Waals surface area contributed by atoms with Gasteiger partial charge in [-0.15, -0.1) is 0 Å². The van der Waals surface area contributed by atoms with Crippen LogP contribution in [-0.4, -0.2) is 12.4 Å². The van der Waals surface area contributed by atoms with Gasteiger partial charge in [-0.3, -0.25) is 4.79 Å². The van der Waals surface area contributed by atoms with E-state index in [2.05, 4.69) is 0 Å². The van der Waals surface area contributed by atoms with Crippen molar-refractivity contribution in [2.24, 2.45) is 0 Å². The first-order valence-electron chi connectivity index (χ1n) is 6.22. The van der Waals surface area contributed by atoms with Crippen LogP contribution in [0.3, 0.4) is 0 Å². The van der Waals surface area contributed by atoms with Crippen molar-refractivity contribution in [2.75, 3.05) is 6.61 Å². The summed E-state index contributed by atoms with van der Waals surface area (Å²) in [5.41, 5.74) is 3.39. The average molecular weight is 273 g/mol. The number of fused-ring (bicyclic) bond motifs is 1. The molecule has 0 N–H and O–H groups in total. The number of ketones is 1. The van der Waals surface area contributed by atoms with Crippen LogP contribution in [0.4, 0.5) is 0 Å². The summed E-state index contributed by atoms with van der Waals surface area (Å²) in [7, 11) is 0. The van der Waals surface area contributed by atoms with Crippen LogP contribution in [0.1, 0.15) is 27.0 Å². The monoisotopic (exact) mass is 272 g/mol. The summed E-state index contributed by atoms with van der Waals surface area (Å²) in [5, 5.41) is 0.582. The average Bonchev–Trinajstić information content (AvgIpc) is 2.88. The van der Waals surface area contributed by atoms with E-state index in [1.807, 2.05) is 31.2 Å². The van der Waals surface area contributed by atoms with Gasteiger partial charge >= 0.3 is 0 Å². The fraction of sp³-hybridized carbons (Fsp3) is 0.188. The van der Waals surface area contributed by atoms with Gasteiger partial charge in [-0.05, 0) is 48.4 Å². The molecule has 0 spiro atoms. The smallest absolute Gasteiger partial charge is 0.193 e. The summed E-state index contributed by atoms with van der Waals surface area (Å²) in [6.07, 6.45) is 0.866. The lowest BCUT2D eigenvalue weighted by molar-refractivity contribution is 0.103. The van der Waals surface area contributed by atoms with Crippen molar-refractivity contribution in [2.45, 2.75) is 13.3 Å². The maximum absolute atomic E-state index is 12.5. The van der Waals surface area contributed by atoms with E-state index >= 15 is 0 Å². The van der Waals surface area contributed by atoms with Crippen LogP contribution in [0.25, 0.3) is 0 Å². The van der Waals surface area contributed by atoms with Gasteiger partial charge in [0.2, 0.25) is 0 Å². The fourth-order valence-electron chi connectivity index (χ4n) is 2.32. The third kappa shape index (κ3) is 2.24. The van der Waals surface area contributed by atoms with Gasteiger partial charge in [-0.2, -0.15) is 0 Å². The number of hydrogen-bond acceptors (Lipinski definition) is 2. The molecular weight excluding hydrogens is 260 g/mol. The third-order valence-corrected chi connectivity index (χ3v) is 3.63. The van der Waals surface area contributed by atoms with Gasteiger partial charge < -0.3 is 4.74 Å². The second kappa shape index (κ2) is 4.71. The predicted molar refractivity (Wildman–Crippen MR) is 75.3 cm³/mol. The van der Waals surface area contributed by atoms with E-state index in [0.29, 0.717) is 22.8 Å². The molecule has 2 aromatic carbocycles. The van der Waals surface area contributed by atoms with Crippen molar-refractivity contribution < 1.29 is 9.53 Å². The topological polar surface area (TPSA) is 26.3 Å². The van der Waals surface area contributed by atoms with Crippen LogP contribution in [0, 0.1) is 6.92 Å². The molecule has 0 amide bonds. The first-order chi connectivity index (χ1) is 9.15. The first-order valence-corrected chi connectivity index (χ1v) is 6.59. The van der Waals surface area contributed by atoms with Crippen LogP contribution in [0.15, 0.2) is 36.4 Å². The highest BCUT2D eigenvalue weighted by atomic mass is 35.5. The molecule has 0 atom stereocenters. The second-order valence-electron chi connectivity index (χ2n) is 4.71. The van der Waals surface area contributed by atoms with Crippen LogP contribution < -0.4 is 4.74 Å². The zero-order chi connectivity index (χ0) is 13.4. The van der Waals surface area contributed by atoms with Crippen molar-refractivity contribution in [3.05, 3.63) is 63.7 Å². The Labute approximate surface area is 117 Å². The Hall–Kier alpha value is -1.80. The van der Waals surface area contributed by atoms with Crippen molar-refractivity contribution in [3.8, 4) is 5.75 Å². The Kier molecular flexibility index (Phi) is 3.03. The summed E-state index contributed by atoms with van der Waals surface area (Å²) in [6.45, 7) is 2.61. The number of benzene rings is 2. The van der Waals surface area contributed by atoms with Gasteiger partial charge in [0, 0.05) is 22.6 Å². The van der Waals surface area contributed by atoms with Crippen molar-refractivity contribution in [1.29, 1.82) is 0 Å². The molecule has 2 aromatic rings. The summed E-state index contributed by atoms with van der Waals surface area (Å²) < 4.78 is 5.45. The van der Waals surface area contributed by atoms with E-state index in [4.69, 9.17) is 16.3 Å². The molecule has 0 bridgehead atoms. The maximum Gasteiger partial charge on any atom is 0.193 e. The van der Waals surface area contributed by atoms with E-state index in [1.54, 1.807) is 12.1 Å². The highest BCUT2D eigenvalue weighted by Gasteiger charge is 2.17. The van der Waals surface area contributed by atoms with Gasteiger partial charge in [-0.25, -0.2) is 0 Å². The van der Waals surface area contributed by atoms with E-state index in [0.717, 1.165) is 23.3 Å². The number of ether oxygens (including phenoxy) is 1. The van der Waals surface area contributed by atoms with E-state index in [-0.39, 0.29) is 5.78 Å². The summed E-state index contributed by atoms with van der Waals surface area (Å²) in [4.78, 5) is 12.5. The van der Waals surface area contributed by atoms with Gasteiger partial charge in [0.1, 0.15) is 5.75 Å². The Morgan fingerprint density at radius 1 is 1.21 bits per heavy atom. The second-order valence-corrected chi connectivity index (χ2v) is 5.15. The SMILES string of the molecule is Cc1ccc(Cl)cc1C(=O)c1ccc2c(c1)CCO2. The molecular formula is C16H13ClO2. The highest BCUT2D eigenvalue weighted by Crippen LogP contribution is 2.27. The molecule has 0 saturated carbocycles. The standard InChI is InChI=1S/C16H13ClO2/c1-10-2-4-13(17)9-14(10)16(18)12-3-5-15-11(8-12)6-7-19-15/h2-5,8-9H,6-7H2,1H3. The van der Waals surface area contributed by atoms with E-state index in [1.165, 1.54) is 0 Å². The number of halogens is 1. The summed E-state index contributed by atoms with van der Waals surface area (Å²) >= 11 is 5.97. The lowest BCUT2D eigenvalue weighted by atomic mass is 9.97. The van der Waals surface area contributed by atoms with Crippen LogP contribution in [0.5, 0.6) is 5.75 Å². The van der Waals surface area contributed by atoms with Crippen LogP contribution in [-0.2, 0) is 6.42 Å². The Balaban J connectivity index is 2.02. The molecule has 3 heteroatoms. The third-order valence-electron chi connectivity index (χ3n) is 3.40. The molecule has 2 nitrogen and oxygen atoms in total. The Morgan fingerprint density at radius 3 is 2.89 bits per heavy atom. The summed E-state index contributed by atoms with van der Waals surface area (Å²) in [5.74, 6) is 0.897. The van der Waals surface area contributed by atoms with E-state index in [9.17, 15) is 4.79 Å². The summed E-state index contributed by atoms with van der Waals surface area (Å²) in [6, 6.07) is 11.0. The van der Waals surface area contributed by atoms with Crippen molar-refractivity contribution in [3.63, 3.8) is 0 Å². The molecule has 1 aliphatic heterocycles. The number of rotatable bonds is 2. The van der Waals surface area contributed by atoms with Crippen LogP contribution >= 0.6 is 11.6 Å². The first kappa shape index (κ1) is 12.2. The molecule has 1 heterocycles. The maximum atomic E-state index is 12.5. The van der Waals surface area contributed by atoms with E-state index < -0.39 is 0 Å². The number of aryl methyl sites for hydroxylation is 1. The molecule has 3 rings (SSSR count). The molecule has 0 saturated heterocycles. The van der Waals surface area contributed by atoms with Gasteiger partial charge in [0.05, 0.1) is 6.61 Å². The molecule has 1 aliphatic rings. The predicted octanol–water partition coefficient (Wildman–Crippen LogP) is 3.81. The number of carbonyl (C=O) groups excluding carboxylic acids is 1. The van der Waals surface area contributed by atoms with Gasteiger partial charge in [0.25, 0.3) is 0 Å². The minimum absolute atomic E-state index is 0.00898. The highest BCUT2D eigenvalue weighted by molar-refractivity contribution is 6.31. The molecule has 0 fully saturated rings. The largest absolute Gasteiger partial charge is 0.493 e. The Morgan fingerprint density at radius 2 is 2.05 bits per heavy atom. The number of hydrogen-bond donors (Lipinski definition) is 0. The molecule has 0 aliphatic carbocycles. The lowest BCUT2D eigenvalue weighted by Gasteiger charge is -2.07. The van der Waals surface area contributed by atoms with Gasteiger partial charge in [-0.1, -0.05) is 17.7 Å². The van der Waals surface area contributed by atoms with Gasteiger partial charge in [0.15, 0.2) is 5.78 Å². The Bertz CT molecular complexity index is 662. The molecule has 19 heavy (non-hydrogen) atoms. The van der Waals surface area contributed by atoms with Crippen molar-refractivity contribution >= 4 is 17.4 Å². The minimum Gasteiger partial charge on any atom is -0.493 e. The zero-order valence-electron chi connectivity index (χ0n) is 10.6. The molecule has 0 unspecified atom stereocenters.